The van der Waals surface area contributed by atoms with Crippen molar-refractivity contribution in [3.8, 4) is 0 Å². The summed E-state index contributed by atoms with van der Waals surface area (Å²) < 4.78 is 0. The maximum atomic E-state index is 12.9. The lowest BCUT2D eigenvalue weighted by Gasteiger charge is -2.13. The summed E-state index contributed by atoms with van der Waals surface area (Å²) in [5.74, 6) is -0.659. The molecule has 0 radical (unpaired) electrons. The van der Waals surface area contributed by atoms with Crippen molar-refractivity contribution >= 4 is 29.5 Å². The van der Waals surface area contributed by atoms with Gasteiger partial charge in [-0.25, -0.2) is 4.90 Å². The predicted octanol–water partition coefficient (Wildman–Crippen LogP) is 4.64. The first-order valence-electron chi connectivity index (χ1n) is 10.5. The summed E-state index contributed by atoms with van der Waals surface area (Å²) in [5, 5.41) is 0. The number of Topliss-reactive ketones (excluding diaryl/α,β-unsaturated/α-hetero) is 1. The van der Waals surface area contributed by atoms with E-state index in [1.54, 1.807) is 36.5 Å². The van der Waals surface area contributed by atoms with Gasteiger partial charge in [0.25, 0.3) is 11.8 Å². The Kier molecular flexibility index (Phi) is 5.82. The maximum Gasteiger partial charge on any atom is 0.266 e. The number of imide groups is 1. The molecule has 3 aromatic carbocycles. The van der Waals surface area contributed by atoms with Crippen molar-refractivity contribution in [2.45, 2.75) is 27.2 Å². The fourth-order valence-corrected chi connectivity index (χ4v) is 3.90. The van der Waals surface area contributed by atoms with E-state index in [4.69, 9.17) is 0 Å². The van der Waals surface area contributed by atoms with Crippen molar-refractivity contribution in [1.82, 2.24) is 0 Å². The zero-order valence-corrected chi connectivity index (χ0v) is 18.4. The van der Waals surface area contributed by atoms with E-state index in [0.717, 1.165) is 22.3 Å². The van der Waals surface area contributed by atoms with Gasteiger partial charge in [0.2, 0.25) is 0 Å². The predicted molar refractivity (Wildman–Crippen MR) is 126 cm³/mol. The van der Waals surface area contributed by atoms with Crippen LogP contribution in [0.2, 0.25) is 0 Å². The number of rotatable bonds is 6. The van der Waals surface area contributed by atoms with E-state index < -0.39 is 0 Å². The lowest BCUT2D eigenvalue weighted by Crippen LogP contribution is -2.29. The molecule has 0 aromatic heterocycles. The third kappa shape index (κ3) is 4.14. The molecule has 3 aromatic rings. The van der Waals surface area contributed by atoms with Crippen LogP contribution in [0, 0.1) is 20.8 Å². The van der Waals surface area contributed by atoms with E-state index in [2.05, 4.69) is 4.99 Å². The van der Waals surface area contributed by atoms with E-state index in [-0.39, 0.29) is 24.1 Å². The molecule has 1 heterocycles. The minimum Gasteiger partial charge on any atom is -0.297 e. The molecule has 0 saturated heterocycles. The molecule has 0 unspecified atom stereocenters. The lowest BCUT2D eigenvalue weighted by molar-refractivity contribution is -0.117. The van der Waals surface area contributed by atoms with Gasteiger partial charge in [0.05, 0.1) is 23.4 Å². The molecular formula is C27H24N2O3. The zero-order chi connectivity index (χ0) is 22.8. The van der Waals surface area contributed by atoms with E-state index >= 15 is 0 Å². The van der Waals surface area contributed by atoms with Gasteiger partial charge < -0.3 is 0 Å². The SMILES string of the molecule is Cc1ccc(N2C(=O)c3ccc(C=NCC(=O)Cc4c(C)cccc4C)cc3C2=O)cc1. The molecular weight excluding hydrogens is 400 g/mol. The Morgan fingerprint density at radius 2 is 1.53 bits per heavy atom. The summed E-state index contributed by atoms with van der Waals surface area (Å²) in [6, 6.07) is 18.3. The Morgan fingerprint density at radius 3 is 2.22 bits per heavy atom. The van der Waals surface area contributed by atoms with Crippen LogP contribution < -0.4 is 4.90 Å². The molecule has 0 fully saturated rings. The van der Waals surface area contributed by atoms with Crippen molar-refractivity contribution in [3.05, 3.63) is 99.6 Å². The summed E-state index contributed by atoms with van der Waals surface area (Å²) >= 11 is 0. The van der Waals surface area contributed by atoms with Gasteiger partial charge in [-0.05, 0) is 67.3 Å². The molecule has 0 spiro atoms. The summed E-state index contributed by atoms with van der Waals surface area (Å²) in [5.41, 5.74) is 6.25. The van der Waals surface area contributed by atoms with Crippen LogP contribution >= 0.6 is 0 Å². The highest BCUT2D eigenvalue weighted by Crippen LogP contribution is 2.29. The molecule has 0 bridgehead atoms. The van der Waals surface area contributed by atoms with Crippen molar-refractivity contribution < 1.29 is 14.4 Å². The quantitative estimate of drug-likeness (QED) is 0.428. The van der Waals surface area contributed by atoms with Crippen LogP contribution in [-0.2, 0) is 11.2 Å². The van der Waals surface area contributed by atoms with E-state index in [9.17, 15) is 14.4 Å². The second-order valence-corrected chi connectivity index (χ2v) is 8.14. The molecule has 5 nitrogen and oxygen atoms in total. The Balaban J connectivity index is 1.47. The highest BCUT2D eigenvalue weighted by atomic mass is 16.2. The molecule has 0 aliphatic carbocycles. The monoisotopic (exact) mass is 424 g/mol. The van der Waals surface area contributed by atoms with Crippen LogP contribution in [0.5, 0.6) is 0 Å². The molecule has 32 heavy (non-hydrogen) atoms. The first-order valence-corrected chi connectivity index (χ1v) is 10.5. The standard InChI is InChI=1S/C27H24N2O3/c1-17-7-10-21(11-8-17)29-26(31)23-12-9-20(13-25(23)27(29)32)15-28-16-22(30)14-24-18(2)5-4-6-19(24)3/h4-13,15H,14,16H2,1-3H3. The molecule has 0 saturated carbocycles. The van der Waals surface area contributed by atoms with Gasteiger partial charge in [0, 0.05) is 12.6 Å². The Hall–Kier alpha value is -3.86. The van der Waals surface area contributed by atoms with Crippen molar-refractivity contribution in [3.63, 3.8) is 0 Å². The number of anilines is 1. The second kappa shape index (κ2) is 8.71. The number of amides is 2. The molecule has 0 N–H and O–H groups in total. The number of aliphatic imine (C=N–C) groups is 1. The van der Waals surface area contributed by atoms with Crippen LogP contribution in [0.4, 0.5) is 5.69 Å². The highest BCUT2D eigenvalue weighted by molar-refractivity contribution is 6.34. The number of hydrogen-bond donors (Lipinski definition) is 0. The van der Waals surface area contributed by atoms with Crippen LogP contribution in [0.3, 0.4) is 0 Å². The number of aryl methyl sites for hydroxylation is 3. The lowest BCUT2D eigenvalue weighted by atomic mass is 9.98. The Morgan fingerprint density at radius 1 is 0.875 bits per heavy atom. The Labute approximate surface area is 187 Å². The van der Waals surface area contributed by atoms with Gasteiger partial charge >= 0.3 is 0 Å². The van der Waals surface area contributed by atoms with Crippen molar-refractivity contribution in [2.75, 3.05) is 11.4 Å². The largest absolute Gasteiger partial charge is 0.297 e. The maximum absolute atomic E-state index is 12.9. The molecule has 0 atom stereocenters. The smallest absolute Gasteiger partial charge is 0.266 e. The fraction of sp³-hybridized carbons (Fsp3) is 0.185. The number of carbonyl (C=O) groups is 3. The van der Waals surface area contributed by atoms with E-state index in [1.807, 2.05) is 51.1 Å². The van der Waals surface area contributed by atoms with Gasteiger partial charge in [-0.1, -0.05) is 42.0 Å². The third-order valence-electron chi connectivity index (χ3n) is 5.73. The summed E-state index contributed by atoms with van der Waals surface area (Å²) in [6.07, 6.45) is 1.92. The first kappa shape index (κ1) is 21.4. The number of hydrogen-bond acceptors (Lipinski definition) is 4. The van der Waals surface area contributed by atoms with E-state index in [0.29, 0.717) is 28.8 Å². The molecule has 2 amide bonds. The number of benzene rings is 3. The van der Waals surface area contributed by atoms with Gasteiger partial charge in [0.15, 0.2) is 5.78 Å². The van der Waals surface area contributed by atoms with Crippen LogP contribution in [-0.4, -0.2) is 30.4 Å². The normalized spacial score (nSPS) is 13.2. The van der Waals surface area contributed by atoms with Crippen molar-refractivity contribution in [2.24, 2.45) is 4.99 Å². The topological polar surface area (TPSA) is 66.8 Å². The summed E-state index contributed by atoms with van der Waals surface area (Å²) in [4.78, 5) is 43.5. The van der Waals surface area contributed by atoms with Crippen LogP contribution in [0.25, 0.3) is 0 Å². The number of ketones is 1. The van der Waals surface area contributed by atoms with Gasteiger partial charge in [-0.15, -0.1) is 0 Å². The van der Waals surface area contributed by atoms with Gasteiger partial charge in [0.1, 0.15) is 0 Å². The van der Waals surface area contributed by atoms with Crippen molar-refractivity contribution in [1.29, 1.82) is 0 Å². The fourth-order valence-electron chi connectivity index (χ4n) is 3.90. The average Bonchev–Trinajstić information content (AvgIpc) is 3.01. The molecule has 1 aliphatic rings. The summed E-state index contributed by atoms with van der Waals surface area (Å²) in [7, 11) is 0. The Bertz CT molecular complexity index is 1240. The molecule has 4 rings (SSSR count). The minimum absolute atomic E-state index is 0.0246. The zero-order valence-electron chi connectivity index (χ0n) is 18.4. The number of nitrogens with zero attached hydrogens (tertiary/aromatic N) is 2. The van der Waals surface area contributed by atoms with Gasteiger partial charge in [-0.2, -0.15) is 0 Å². The summed E-state index contributed by atoms with van der Waals surface area (Å²) in [6.45, 7) is 6.02. The molecule has 160 valence electrons. The highest BCUT2D eigenvalue weighted by Gasteiger charge is 2.36. The average molecular weight is 425 g/mol. The third-order valence-corrected chi connectivity index (χ3v) is 5.73. The van der Waals surface area contributed by atoms with E-state index in [1.165, 1.54) is 4.90 Å². The van der Waals surface area contributed by atoms with Crippen LogP contribution in [0.15, 0.2) is 65.7 Å². The first-order chi connectivity index (χ1) is 15.3. The minimum atomic E-state index is -0.352. The second-order valence-electron chi connectivity index (χ2n) is 8.14. The number of fused-ring (bicyclic) bond motifs is 1. The van der Waals surface area contributed by atoms with Gasteiger partial charge in [-0.3, -0.25) is 19.4 Å². The van der Waals surface area contributed by atoms with Crippen LogP contribution in [0.1, 0.15) is 48.5 Å². The number of carbonyl (C=O) groups excluding carboxylic acids is 3. The molecule has 5 heteroatoms. The molecule has 1 aliphatic heterocycles.